The molecular weight excluding hydrogens is 310 g/mol. The molecule has 3 aromatic rings. The summed E-state index contributed by atoms with van der Waals surface area (Å²) in [7, 11) is 1.76. The fourth-order valence-electron chi connectivity index (χ4n) is 2.25. The fraction of sp³-hybridized carbons (Fsp3) is 0.235. The van der Waals surface area contributed by atoms with Gasteiger partial charge in [-0.05, 0) is 24.6 Å². The molecule has 0 fully saturated rings. The van der Waals surface area contributed by atoms with Crippen molar-refractivity contribution in [2.45, 2.75) is 19.9 Å². The van der Waals surface area contributed by atoms with Crippen LogP contribution in [-0.2, 0) is 13.0 Å². The van der Waals surface area contributed by atoms with Crippen LogP contribution in [0.3, 0.4) is 0 Å². The maximum atomic E-state index is 12.4. The van der Waals surface area contributed by atoms with Gasteiger partial charge >= 0.3 is 0 Å². The lowest BCUT2D eigenvalue weighted by Crippen LogP contribution is -2.25. The van der Waals surface area contributed by atoms with E-state index in [0.29, 0.717) is 12.3 Å². The molecule has 6 heteroatoms. The predicted molar refractivity (Wildman–Crippen MR) is 89.2 cm³/mol. The van der Waals surface area contributed by atoms with Gasteiger partial charge in [0.25, 0.3) is 5.91 Å². The molecule has 0 atom stereocenters. The molecule has 118 valence electrons. The van der Waals surface area contributed by atoms with Crippen LogP contribution in [-0.4, -0.2) is 28.0 Å². The van der Waals surface area contributed by atoms with Crippen LogP contribution in [0.1, 0.15) is 27.9 Å². The lowest BCUT2D eigenvalue weighted by molar-refractivity contribution is 0.0773. The summed E-state index contributed by atoms with van der Waals surface area (Å²) in [5.41, 5.74) is 2.41. The van der Waals surface area contributed by atoms with Crippen molar-refractivity contribution in [3.63, 3.8) is 0 Å². The Morgan fingerprint density at radius 1 is 1.30 bits per heavy atom. The standard InChI is InChI=1S/C17H17N3O2S/c1-3-15-8-13(11-23-15)17(21)20(2)10-14-9-16(19-22-14)12-4-6-18-7-5-12/h4-9,11H,3,10H2,1-2H3. The average molecular weight is 327 g/mol. The Morgan fingerprint density at radius 2 is 2.09 bits per heavy atom. The lowest BCUT2D eigenvalue weighted by Gasteiger charge is -2.14. The SMILES string of the molecule is CCc1cc(C(=O)N(C)Cc2cc(-c3ccncc3)no2)cs1. The topological polar surface area (TPSA) is 59.2 Å². The van der Waals surface area contributed by atoms with Crippen molar-refractivity contribution >= 4 is 17.2 Å². The molecule has 0 aliphatic heterocycles. The summed E-state index contributed by atoms with van der Waals surface area (Å²) in [4.78, 5) is 19.2. The van der Waals surface area contributed by atoms with Crippen molar-refractivity contribution in [3.8, 4) is 11.3 Å². The zero-order chi connectivity index (χ0) is 16.2. The summed E-state index contributed by atoms with van der Waals surface area (Å²) in [6.45, 7) is 2.47. The number of thiophene rings is 1. The van der Waals surface area contributed by atoms with Crippen LogP contribution in [0.2, 0.25) is 0 Å². The summed E-state index contributed by atoms with van der Waals surface area (Å²) in [5.74, 6) is 0.640. The number of aromatic nitrogens is 2. The molecule has 0 N–H and O–H groups in total. The minimum absolute atomic E-state index is 0.0113. The first-order chi connectivity index (χ1) is 11.2. The number of rotatable bonds is 5. The number of aryl methyl sites for hydroxylation is 1. The van der Waals surface area contributed by atoms with Crippen LogP contribution < -0.4 is 0 Å². The molecule has 0 unspecified atom stereocenters. The van der Waals surface area contributed by atoms with E-state index in [1.54, 1.807) is 35.7 Å². The van der Waals surface area contributed by atoms with Crippen LogP contribution in [0.15, 0.2) is 46.6 Å². The molecule has 3 heterocycles. The highest BCUT2D eigenvalue weighted by atomic mass is 32.1. The zero-order valence-electron chi connectivity index (χ0n) is 13.0. The molecule has 0 aliphatic carbocycles. The van der Waals surface area contributed by atoms with Crippen molar-refractivity contribution < 1.29 is 9.32 Å². The fourth-order valence-corrected chi connectivity index (χ4v) is 3.06. The molecule has 0 saturated carbocycles. The van der Waals surface area contributed by atoms with E-state index >= 15 is 0 Å². The second-order valence-corrected chi connectivity index (χ2v) is 6.23. The Morgan fingerprint density at radius 3 is 2.78 bits per heavy atom. The van der Waals surface area contributed by atoms with Crippen LogP contribution in [0, 0.1) is 0 Å². The van der Waals surface area contributed by atoms with Gasteiger partial charge in [-0.3, -0.25) is 9.78 Å². The smallest absolute Gasteiger partial charge is 0.254 e. The molecule has 23 heavy (non-hydrogen) atoms. The number of amides is 1. The molecule has 3 rings (SSSR count). The molecule has 3 aromatic heterocycles. The van der Waals surface area contributed by atoms with Crippen LogP contribution in [0.25, 0.3) is 11.3 Å². The second kappa shape index (κ2) is 6.75. The Kier molecular flexibility index (Phi) is 4.52. The molecule has 1 amide bonds. The predicted octanol–water partition coefficient (Wildman–Crippen LogP) is 3.63. The van der Waals surface area contributed by atoms with E-state index in [-0.39, 0.29) is 5.91 Å². The maximum Gasteiger partial charge on any atom is 0.254 e. The number of carbonyl (C=O) groups is 1. The number of hydrogen-bond acceptors (Lipinski definition) is 5. The monoisotopic (exact) mass is 327 g/mol. The van der Waals surface area contributed by atoms with Gasteiger partial charge in [-0.25, -0.2) is 0 Å². The quantitative estimate of drug-likeness (QED) is 0.718. The molecule has 0 bridgehead atoms. The van der Waals surface area contributed by atoms with Gasteiger partial charge in [0.15, 0.2) is 5.76 Å². The summed E-state index contributed by atoms with van der Waals surface area (Å²) in [6.07, 6.45) is 4.36. The van der Waals surface area contributed by atoms with Gasteiger partial charge in [0.2, 0.25) is 0 Å². The molecule has 0 aliphatic rings. The van der Waals surface area contributed by atoms with Crippen LogP contribution >= 0.6 is 11.3 Å². The van der Waals surface area contributed by atoms with E-state index in [4.69, 9.17) is 4.52 Å². The molecule has 5 nitrogen and oxygen atoms in total. The van der Waals surface area contributed by atoms with Crippen molar-refractivity contribution in [3.05, 3.63) is 58.2 Å². The maximum absolute atomic E-state index is 12.4. The normalized spacial score (nSPS) is 10.7. The molecule has 0 radical (unpaired) electrons. The molecule has 0 spiro atoms. The van der Waals surface area contributed by atoms with Gasteiger partial charge in [-0.15, -0.1) is 11.3 Å². The van der Waals surface area contributed by atoms with Gasteiger partial charge < -0.3 is 9.42 Å². The first-order valence-corrected chi connectivity index (χ1v) is 8.24. The van der Waals surface area contributed by atoms with E-state index in [1.807, 2.05) is 29.6 Å². The highest BCUT2D eigenvalue weighted by Gasteiger charge is 2.16. The third-order valence-corrected chi connectivity index (χ3v) is 4.60. The van der Waals surface area contributed by atoms with E-state index < -0.39 is 0 Å². The van der Waals surface area contributed by atoms with Crippen molar-refractivity contribution in [2.75, 3.05) is 7.05 Å². The molecular formula is C17H17N3O2S. The molecule has 0 aromatic carbocycles. The minimum Gasteiger partial charge on any atom is -0.359 e. The van der Waals surface area contributed by atoms with Crippen LogP contribution in [0.4, 0.5) is 0 Å². The van der Waals surface area contributed by atoms with Crippen molar-refractivity contribution in [2.24, 2.45) is 0 Å². The Balaban J connectivity index is 1.69. The largest absolute Gasteiger partial charge is 0.359 e. The second-order valence-electron chi connectivity index (χ2n) is 5.23. The molecule has 0 saturated heterocycles. The van der Waals surface area contributed by atoms with E-state index in [2.05, 4.69) is 17.1 Å². The zero-order valence-corrected chi connectivity index (χ0v) is 13.8. The highest BCUT2D eigenvalue weighted by Crippen LogP contribution is 2.20. The first kappa shape index (κ1) is 15.4. The summed E-state index contributed by atoms with van der Waals surface area (Å²) >= 11 is 1.61. The first-order valence-electron chi connectivity index (χ1n) is 7.36. The van der Waals surface area contributed by atoms with Crippen molar-refractivity contribution in [1.82, 2.24) is 15.0 Å². The average Bonchev–Trinajstić information content (AvgIpc) is 3.24. The van der Waals surface area contributed by atoms with E-state index in [0.717, 1.165) is 23.2 Å². The van der Waals surface area contributed by atoms with Gasteiger partial charge in [-0.2, -0.15) is 0 Å². The van der Waals surface area contributed by atoms with E-state index in [9.17, 15) is 4.79 Å². The minimum atomic E-state index is -0.0113. The number of nitrogens with zero attached hydrogens (tertiary/aromatic N) is 3. The summed E-state index contributed by atoms with van der Waals surface area (Å²) < 4.78 is 5.34. The number of hydrogen-bond donors (Lipinski definition) is 0. The van der Waals surface area contributed by atoms with Crippen molar-refractivity contribution in [1.29, 1.82) is 0 Å². The van der Waals surface area contributed by atoms with Gasteiger partial charge in [0.1, 0.15) is 5.69 Å². The van der Waals surface area contributed by atoms with Gasteiger partial charge in [-0.1, -0.05) is 12.1 Å². The highest BCUT2D eigenvalue weighted by molar-refractivity contribution is 7.10. The summed E-state index contributed by atoms with van der Waals surface area (Å²) in [5, 5.41) is 5.95. The third-order valence-electron chi connectivity index (χ3n) is 3.52. The Labute approximate surface area is 138 Å². The number of carbonyl (C=O) groups excluding carboxylic acids is 1. The Bertz CT molecular complexity index is 795. The number of pyridine rings is 1. The van der Waals surface area contributed by atoms with Gasteiger partial charge in [0, 0.05) is 41.3 Å². The van der Waals surface area contributed by atoms with Crippen LogP contribution in [0.5, 0.6) is 0 Å². The van der Waals surface area contributed by atoms with E-state index in [1.165, 1.54) is 4.88 Å². The third kappa shape index (κ3) is 3.48. The van der Waals surface area contributed by atoms with Gasteiger partial charge in [0.05, 0.1) is 12.1 Å². The Hall–Kier alpha value is -2.47. The lowest BCUT2D eigenvalue weighted by atomic mass is 10.2. The summed E-state index contributed by atoms with van der Waals surface area (Å²) in [6, 6.07) is 7.54.